The van der Waals surface area contributed by atoms with Crippen LogP contribution in [0.4, 0.5) is 0 Å². The Hall–Kier alpha value is -0.560. The molecular formula is C14H25ClN2O3S. The first-order valence-corrected chi connectivity index (χ1v) is 9.12. The molecule has 21 heavy (non-hydrogen) atoms. The molecule has 7 heteroatoms. The Balaban J connectivity index is 2.84. The Morgan fingerprint density at radius 2 is 1.95 bits per heavy atom. The molecule has 0 amide bonds. The number of alkyl halides is 1. The number of sulfonamides is 1. The van der Waals surface area contributed by atoms with Crippen LogP contribution in [-0.2, 0) is 16.6 Å². The molecule has 0 saturated carbocycles. The number of halogens is 1. The van der Waals surface area contributed by atoms with Crippen molar-refractivity contribution >= 4 is 21.6 Å². The van der Waals surface area contributed by atoms with Gasteiger partial charge in [-0.25, -0.2) is 8.42 Å². The van der Waals surface area contributed by atoms with Gasteiger partial charge in [0, 0.05) is 19.0 Å². The average Bonchev–Trinajstić information content (AvgIpc) is 2.79. The number of rotatable bonds is 9. The fraction of sp³-hybridized carbons (Fsp3) is 0.714. The maximum absolute atomic E-state index is 12.5. The second kappa shape index (κ2) is 8.17. The zero-order valence-corrected chi connectivity index (χ0v) is 14.7. The van der Waals surface area contributed by atoms with Crippen molar-refractivity contribution in [3.8, 4) is 0 Å². The zero-order chi connectivity index (χ0) is 16.0. The van der Waals surface area contributed by atoms with Gasteiger partial charge in [-0.1, -0.05) is 6.92 Å². The van der Waals surface area contributed by atoms with Crippen molar-refractivity contribution in [3.63, 3.8) is 0 Å². The molecular weight excluding hydrogens is 312 g/mol. The summed E-state index contributed by atoms with van der Waals surface area (Å²) in [4.78, 5) is 1.96. The molecule has 1 heterocycles. The molecule has 1 aromatic rings. The lowest BCUT2D eigenvalue weighted by Gasteiger charge is -2.24. The van der Waals surface area contributed by atoms with Gasteiger partial charge in [-0.2, -0.15) is 4.31 Å². The summed E-state index contributed by atoms with van der Waals surface area (Å²) in [6.07, 6.45) is 0. The second-order valence-electron chi connectivity index (χ2n) is 5.69. The molecule has 122 valence electrons. The highest BCUT2D eigenvalue weighted by Gasteiger charge is 2.25. The molecule has 1 atom stereocenters. The molecule has 0 saturated heterocycles. The van der Waals surface area contributed by atoms with E-state index >= 15 is 0 Å². The summed E-state index contributed by atoms with van der Waals surface area (Å²) in [6, 6.07) is 3.66. The average molecular weight is 337 g/mol. The predicted octanol–water partition coefficient (Wildman–Crippen LogP) is 2.16. The molecule has 1 unspecified atom stereocenters. The van der Waals surface area contributed by atoms with E-state index in [1.807, 2.05) is 45.0 Å². The number of aryl methyl sites for hydroxylation is 1. The molecule has 0 aliphatic heterocycles. The Kier molecular flexibility index (Phi) is 7.20. The first-order valence-electron chi connectivity index (χ1n) is 6.98. The van der Waals surface area contributed by atoms with Crippen LogP contribution in [0.15, 0.2) is 16.5 Å². The van der Waals surface area contributed by atoms with Crippen molar-refractivity contribution in [2.45, 2.75) is 20.4 Å². The topological polar surface area (TPSA) is 53.8 Å². The maximum atomic E-state index is 12.5. The van der Waals surface area contributed by atoms with Gasteiger partial charge >= 0.3 is 0 Å². The third-order valence-electron chi connectivity index (χ3n) is 3.08. The minimum absolute atomic E-state index is 0.0591. The highest BCUT2D eigenvalue weighted by atomic mass is 35.5. The molecule has 0 N–H and O–H groups in total. The minimum atomic E-state index is -3.36. The first-order chi connectivity index (χ1) is 9.74. The molecule has 0 fully saturated rings. The van der Waals surface area contributed by atoms with Gasteiger partial charge in [-0.3, -0.25) is 0 Å². The van der Waals surface area contributed by atoms with Gasteiger partial charge in [0.05, 0.1) is 12.3 Å². The Bertz CT molecular complexity index is 528. The lowest BCUT2D eigenvalue weighted by atomic mass is 10.3. The van der Waals surface area contributed by atoms with E-state index in [-0.39, 0.29) is 18.2 Å². The van der Waals surface area contributed by atoms with Crippen LogP contribution < -0.4 is 0 Å². The van der Waals surface area contributed by atoms with Crippen molar-refractivity contribution in [2.75, 3.05) is 38.8 Å². The molecule has 0 aliphatic carbocycles. The molecule has 0 radical (unpaired) electrons. The Morgan fingerprint density at radius 1 is 1.29 bits per heavy atom. The van der Waals surface area contributed by atoms with Crippen LogP contribution >= 0.6 is 11.6 Å². The summed E-state index contributed by atoms with van der Waals surface area (Å²) in [5, 5.41) is 0. The van der Waals surface area contributed by atoms with E-state index in [9.17, 15) is 8.42 Å². The SMILES string of the molecule is Cc1ccc(CN(CCN(C)C)S(=O)(=O)CC(C)CCl)o1. The van der Waals surface area contributed by atoms with E-state index in [2.05, 4.69) is 0 Å². The highest BCUT2D eigenvalue weighted by molar-refractivity contribution is 7.89. The number of hydrogen-bond acceptors (Lipinski definition) is 4. The van der Waals surface area contributed by atoms with Gasteiger partial charge in [-0.05, 0) is 39.1 Å². The lowest BCUT2D eigenvalue weighted by Crippen LogP contribution is -2.38. The van der Waals surface area contributed by atoms with E-state index in [1.165, 1.54) is 4.31 Å². The summed E-state index contributed by atoms with van der Waals surface area (Å²) in [6.45, 7) is 5.04. The van der Waals surface area contributed by atoms with E-state index in [4.69, 9.17) is 16.0 Å². The molecule has 1 rings (SSSR count). The van der Waals surface area contributed by atoms with Crippen LogP contribution in [0.5, 0.6) is 0 Å². The smallest absolute Gasteiger partial charge is 0.214 e. The van der Waals surface area contributed by atoms with E-state index < -0.39 is 10.0 Å². The lowest BCUT2D eigenvalue weighted by molar-refractivity contribution is 0.309. The zero-order valence-electron chi connectivity index (χ0n) is 13.2. The normalized spacial score (nSPS) is 14.0. The summed E-state index contributed by atoms with van der Waals surface area (Å²) < 4.78 is 32.0. The maximum Gasteiger partial charge on any atom is 0.214 e. The van der Waals surface area contributed by atoms with Crippen molar-refractivity contribution < 1.29 is 12.8 Å². The van der Waals surface area contributed by atoms with Crippen LogP contribution in [0, 0.1) is 12.8 Å². The Morgan fingerprint density at radius 3 is 2.43 bits per heavy atom. The van der Waals surface area contributed by atoms with Crippen LogP contribution in [0.25, 0.3) is 0 Å². The monoisotopic (exact) mass is 336 g/mol. The van der Waals surface area contributed by atoms with E-state index in [0.29, 0.717) is 24.7 Å². The van der Waals surface area contributed by atoms with Gasteiger partial charge in [0.15, 0.2) is 0 Å². The standard InChI is InChI=1S/C14H25ClN2O3S/c1-12(9-15)11-21(18,19)17(8-7-16(3)4)10-14-6-5-13(2)20-14/h5-6,12H,7-11H2,1-4H3. The predicted molar refractivity (Wildman–Crippen MR) is 86.1 cm³/mol. The van der Waals surface area contributed by atoms with E-state index in [0.717, 1.165) is 5.76 Å². The fourth-order valence-electron chi connectivity index (χ4n) is 1.88. The van der Waals surface area contributed by atoms with Gasteiger partial charge in [0.2, 0.25) is 10.0 Å². The third-order valence-corrected chi connectivity index (χ3v) is 5.69. The van der Waals surface area contributed by atoms with Crippen LogP contribution in [-0.4, -0.2) is 56.4 Å². The molecule has 0 aromatic carbocycles. The van der Waals surface area contributed by atoms with Crippen molar-refractivity contribution in [1.29, 1.82) is 0 Å². The first kappa shape index (κ1) is 18.5. The van der Waals surface area contributed by atoms with Gasteiger partial charge < -0.3 is 9.32 Å². The number of likely N-dealkylation sites (N-methyl/N-ethyl adjacent to an activating group) is 1. The van der Waals surface area contributed by atoms with Gasteiger partial charge in [0.25, 0.3) is 0 Å². The summed E-state index contributed by atoms with van der Waals surface area (Å²) >= 11 is 5.74. The van der Waals surface area contributed by atoms with Crippen LogP contribution in [0.3, 0.4) is 0 Å². The van der Waals surface area contributed by atoms with Crippen molar-refractivity contribution in [1.82, 2.24) is 9.21 Å². The summed E-state index contributed by atoms with van der Waals surface area (Å²) in [5.74, 6) is 1.76. The number of furan rings is 1. The second-order valence-corrected chi connectivity index (χ2v) is 8.01. The fourth-order valence-corrected chi connectivity index (χ4v) is 3.85. The summed E-state index contributed by atoms with van der Waals surface area (Å²) in [7, 11) is 0.484. The third kappa shape index (κ3) is 6.38. The molecule has 0 spiro atoms. The van der Waals surface area contributed by atoms with Gasteiger partial charge in [0.1, 0.15) is 11.5 Å². The van der Waals surface area contributed by atoms with Crippen LogP contribution in [0.2, 0.25) is 0 Å². The molecule has 5 nitrogen and oxygen atoms in total. The van der Waals surface area contributed by atoms with Crippen molar-refractivity contribution in [3.05, 3.63) is 23.7 Å². The Labute approximate surface area is 132 Å². The molecule has 0 aliphatic rings. The highest BCUT2D eigenvalue weighted by Crippen LogP contribution is 2.15. The number of nitrogens with zero attached hydrogens (tertiary/aromatic N) is 2. The quantitative estimate of drug-likeness (QED) is 0.648. The number of hydrogen-bond donors (Lipinski definition) is 0. The summed E-state index contributed by atoms with van der Waals surface area (Å²) in [5.41, 5.74) is 0. The van der Waals surface area contributed by atoms with E-state index in [1.54, 1.807) is 0 Å². The van der Waals surface area contributed by atoms with Gasteiger partial charge in [-0.15, -0.1) is 11.6 Å². The minimum Gasteiger partial charge on any atom is -0.465 e. The van der Waals surface area contributed by atoms with Crippen molar-refractivity contribution in [2.24, 2.45) is 5.92 Å². The van der Waals surface area contributed by atoms with Crippen LogP contribution in [0.1, 0.15) is 18.4 Å². The molecule has 1 aromatic heterocycles. The molecule has 0 bridgehead atoms. The largest absolute Gasteiger partial charge is 0.465 e.